The molecule has 0 bridgehead atoms. The van der Waals surface area contributed by atoms with Gasteiger partial charge in [0.15, 0.2) is 0 Å². The van der Waals surface area contributed by atoms with Crippen LogP contribution in [-0.2, 0) is 5.54 Å². The first-order valence-corrected chi connectivity index (χ1v) is 8.59. The van der Waals surface area contributed by atoms with Crippen LogP contribution in [0.25, 0.3) is 11.3 Å². The lowest BCUT2D eigenvalue weighted by Crippen LogP contribution is -2.39. The summed E-state index contributed by atoms with van der Waals surface area (Å²) >= 11 is 0. The van der Waals surface area contributed by atoms with Crippen molar-refractivity contribution in [3.05, 3.63) is 58.4 Å². The van der Waals surface area contributed by atoms with E-state index >= 15 is 0 Å². The summed E-state index contributed by atoms with van der Waals surface area (Å²) in [6.07, 6.45) is 5.82. The molecule has 0 radical (unpaired) electrons. The van der Waals surface area contributed by atoms with Crippen LogP contribution in [-0.4, -0.2) is 4.57 Å². The second-order valence-electron chi connectivity index (χ2n) is 7.19. The van der Waals surface area contributed by atoms with Crippen LogP contribution in [0.1, 0.15) is 57.6 Å². The zero-order valence-corrected chi connectivity index (χ0v) is 14.1. The Morgan fingerprint density at radius 1 is 1.00 bits per heavy atom. The first-order valence-electron chi connectivity index (χ1n) is 8.59. The smallest absolute Gasteiger partial charge is 0.256 e. The van der Waals surface area contributed by atoms with Gasteiger partial charge in [0.2, 0.25) is 0 Å². The minimum atomic E-state index is -0.622. The molecule has 0 atom stereocenters. The van der Waals surface area contributed by atoms with Crippen LogP contribution < -0.4 is 11.3 Å². The predicted octanol–water partition coefficient (Wildman–Crippen LogP) is 4.21. The van der Waals surface area contributed by atoms with Gasteiger partial charge in [0.05, 0.1) is 5.69 Å². The summed E-state index contributed by atoms with van der Waals surface area (Å²) in [5.74, 6) is 0. The quantitative estimate of drug-likeness (QED) is 0.923. The molecule has 23 heavy (non-hydrogen) atoms. The van der Waals surface area contributed by atoms with Gasteiger partial charge in [0.1, 0.15) is 0 Å². The van der Waals surface area contributed by atoms with Crippen molar-refractivity contribution in [2.24, 2.45) is 5.73 Å². The summed E-state index contributed by atoms with van der Waals surface area (Å²) in [4.78, 5) is 13.2. The second kappa shape index (κ2) is 6.32. The van der Waals surface area contributed by atoms with E-state index < -0.39 is 5.54 Å². The molecule has 1 aromatic carbocycles. The highest BCUT2D eigenvalue weighted by molar-refractivity contribution is 5.60. The van der Waals surface area contributed by atoms with Crippen LogP contribution in [0.2, 0.25) is 0 Å². The van der Waals surface area contributed by atoms with E-state index in [-0.39, 0.29) is 11.6 Å². The molecular formula is C20H26N2O. The van der Waals surface area contributed by atoms with Crippen molar-refractivity contribution in [3.63, 3.8) is 0 Å². The van der Waals surface area contributed by atoms with Crippen molar-refractivity contribution in [1.29, 1.82) is 0 Å². The molecule has 1 fully saturated rings. The Bertz CT molecular complexity index is 720. The zero-order chi connectivity index (χ0) is 16.4. The Balaban J connectivity index is 2.20. The molecule has 1 aliphatic rings. The topological polar surface area (TPSA) is 48.0 Å². The maximum atomic E-state index is 13.2. The Labute approximate surface area is 138 Å². The SMILES string of the molecule is CC(C)(N)c1ccc(-c2ccccc2)n(C2CCCCC2)c1=O. The minimum Gasteiger partial charge on any atom is -0.322 e. The van der Waals surface area contributed by atoms with Gasteiger partial charge < -0.3 is 10.3 Å². The minimum absolute atomic E-state index is 0.0748. The van der Waals surface area contributed by atoms with E-state index in [1.807, 2.05) is 42.7 Å². The first-order chi connectivity index (χ1) is 11.0. The third-order valence-electron chi connectivity index (χ3n) is 4.82. The van der Waals surface area contributed by atoms with Crippen molar-refractivity contribution in [2.75, 3.05) is 0 Å². The number of pyridine rings is 1. The van der Waals surface area contributed by atoms with Gasteiger partial charge in [-0.2, -0.15) is 0 Å². The molecule has 0 unspecified atom stereocenters. The van der Waals surface area contributed by atoms with Gasteiger partial charge in [0.25, 0.3) is 5.56 Å². The van der Waals surface area contributed by atoms with Gasteiger partial charge in [0, 0.05) is 17.1 Å². The molecule has 2 aromatic rings. The van der Waals surface area contributed by atoms with E-state index in [0.717, 1.165) is 24.1 Å². The molecule has 2 N–H and O–H groups in total. The number of benzene rings is 1. The normalized spacial score (nSPS) is 16.5. The third kappa shape index (κ3) is 3.25. The van der Waals surface area contributed by atoms with Gasteiger partial charge in [-0.3, -0.25) is 4.79 Å². The van der Waals surface area contributed by atoms with E-state index in [1.54, 1.807) is 0 Å². The van der Waals surface area contributed by atoms with Gasteiger partial charge in [-0.1, -0.05) is 49.6 Å². The molecule has 1 aliphatic carbocycles. The lowest BCUT2D eigenvalue weighted by Gasteiger charge is -2.29. The predicted molar refractivity (Wildman–Crippen MR) is 95.5 cm³/mol. The molecule has 3 rings (SSSR count). The molecule has 1 aromatic heterocycles. The highest BCUT2D eigenvalue weighted by atomic mass is 16.1. The van der Waals surface area contributed by atoms with Gasteiger partial charge in [-0.25, -0.2) is 0 Å². The lowest BCUT2D eigenvalue weighted by atomic mass is 9.92. The Morgan fingerprint density at radius 2 is 1.65 bits per heavy atom. The van der Waals surface area contributed by atoms with E-state index in [9.17, 15) is 4.79 Å². The number of hydrogen-bond donors (Lipinski definition) is 1. The van der Waals surface area contributed by atoms with Crippen LogP contribution in [0.15, 0.2) is 47.3 Å². The van der Waals surface area contributed by atoms with Gasteiger partial charge >= 0.3 is 0 Å². The lowest BCUT2D eigenvalue weighted by molar-refractivity contribution is 0.345. The standard InChI is InChI=1S/C20H26N2O/c1-20(2,21)17-13-14-18(15-9-5-3-6-10-15)22(19(17)23)16-11-7-4-8-12-16/h3,5-6,9-10,13-14,16H,4,7-8,11-12,21H2,1-2H3. The zero-order valence-electron chi connectivity index (χ0n) is 14.1. The number of rotatable bonds is 3. The molecule has 0 spiro atoms. The Morgan fingerprint density at radius 3 is 2.26 bits per heavy atom. The van der Waals surface area contributed by atoms with Crippen molar-refractivity contribution in [1.82, 2.24) is 4.57 Å². The molecule has 3 heteroatoms. The maximum absolute atomic E-state index is 13.2. The molecule has 1 saturated carbocycles. The molecule has 1 heterocycles. The van der Waals surface area contributed by atoms with Gasteiger partial charge in [-0.15, -0.1) is 0 Å². The average Bonchev–Trinajstić information content (AvgIpc) is 2.55. The van der Waals surface area contributed by atoms with Crippen LogP contribution in [0.5, 0.6) is 0 Å². The summed E-state index contributed by atoms with van der Waals surface area (Å²) in [7, 11) is 0. The summed E-state index contributed by atoms with van der Waals surface area (Å²) in [6.45, 7) is 3.80. The molecule has 0 saturated heterocycles. The second-order valence-corrected chi connectivity index (χ2v) is 7.19. The number of hydrogen-bond acceptors (Lipinski definition) is 2. The fourth-order valence-corrected chi connectivity index (χ4v) is 3.59. The first kappa shape index (κ1) is 16.0. The maximum Gasteiger partial charge on any atom is 0.256 e. The highest BCUT2D eigenvalue weighted by Crippen LogP contribution is 2.32. The number of aromatic nitrogens is 1. The van der Waals surface area contributed by atoms with Crippen molar-refractivity contribution >= 4 is 0 Å². The Kier molecular flexibility index (Phi) is 4.40. The fraction of sp³-hybridized carbons (Fsp3) is 0.450. The largest absolute Gasteiger partial charge is 0.322 e. The van der Waals surface area contributed by atoms with Crippen molar-refractivity contribution in [2.45, 2.75) is 57.5 Å². The molecule has 122 valence electrons. The van der Waals surface area contributed by atoms with Crippen LogP contribution in [0.4, 0.5) is 0 Å². The van der Waals surface area contributed by atoms with E-state index in [0.29, 0.717) is 5.56 Å². The molecule has 0 aliphatic heterocycles. The summed E-state index contributed by atoms with van der Waals surface area (Å²) in [5, 5.41) is 0. The molecule has 0 amide bonds. The summed E-state index contributed by atoms with van der Waals surface area (Å²) in [6, 6.07) is 14.4. The third-order valence-corrected chi connectivity index (χ3v) is 4.82. The van der Waals surface area contributed by atoms with Crippen LogP contribution >= 0.6 is 0 Å². The monoisotopic (exact) mass is 310 g/mol. The summed E-state index contributed by atoms with van der Waals surface area (Å²) < 4.78 is 2.01. The van der Waals surface area contributed by atoms with Crippen molar-refractivity contribution in [3.8, 4) is 11.3 Å². The molecule has 3 nitrogen and oxygen atoms in total. The number of nitrogens with zero attached hydrogens (tertiary/aromatic N) is 1. The van der Waals surface area contributed by atoms with E-state index in [2.05, 4.69) is 18.2 Å². The average molecular weight is 310 g/mol. The van der Waals surface area contributed by atoms with E-state index in [1.165, 1.54) is 19.3 Å². The Hall–Kier alpha value is -1.87. The van der Waals surface area contributed by atoms with Crippen LogP contribution in [0, 0.1) is 0 Å². The van der Waals surface area contributed by atoms with Gasteiger partial charge in [-0.05, 0) is 44.4 Å². The highest BCUT2D eigenvalue weighted by Gasteiger charge is 2.25. The fourth-order valence-electron chi connectivity index (χ4n) is 3.59. The summed E-state index contributed by atoms with van der Waals surface area (Å²) in [5.41, 5.74) is 8.48. The van der Waals surface area contributed by atoms with Crippen molar-refractivity contribution < 1.29 is 0 Å². The molecular weight excluding hydrogens is 284 g/mol. The van der Waals surface area contributed by atoms with Crippen LogP contribution in [0.3, 0.4) is 0 Å². The van der Waals surface area contributed by atoms with E-state index in [4.69, 9.17) is 5.73 Å². The number of nitrogens with two attached hydrogens (primary N) is 1.